The fourth-order valence-electron chi connectivity index (χ4n) is 2.76. The fourth-order valence-corrected chi connectivity index (χ4v) is 2.76. The zero-order valence-electron chi connectivity index (χ0n) is 15.0. The van der Waals surface area contributed by atoms with Gasteiger partial charge in [-0.05, 0) is 35.9 Å². The third kappa shape index (κ3) is 4.43. The van der Waals surface area contributed by atoms with Gasteiger partial charge < -0.3 is 10.1 Å². The van der Waals surface area contributed by atoms with E-state index in [9.17, 15) is 13.2 Å². The molecule has 8 heteroatoms. The molecule has 2 heterocycles. The molecule has 0 saturated heterocycles. The minimum Gasteiger partial charge on any atom is -0.439 e. The summed E-state index contributed by atoms with van der Waals surface area (Å²) >= 11 is 0. The number of alkyl halides is 3. The summed E-state index contributed by atoms with van der Waals surface area (Å²) in [5.74, 6) is 0.992. The lowest BCUT2D eigenvalue weighted by Gasteiger charge is -2.10. The largest absolute Gasteiger partial charge is 0.439 e. The van der Waals surface area contributed by atoms with Gasteiger partial charge >= 0.3 is 6.18 Å². The number of fused-ring (bicyclic) bond motifs is 1. The lowest BCUT2D eigenvalue weighted by molar-refractivity contribution is -0.137. The first kappa shape index (κ1) is 18.7. The molecule has 4 rings (SSSR count). The maximum Gasteiger partial charge on any atom is 0.416 e. The van der Waals surface area contributed by atoms with E-state index in [4.69, 9.17) is 4.74 Å². The molecule has 0 fully saturated rings. The molecule has 0 saturated carbocycles. The Balaban J connectivity index is 1.43. The van der Waals surface area contributed by atoms with Crippen molar-refractivity contribution in [2.45, 2.75) is 12.7 Å². The molecule has 2 aromatic heterocycles. The SMILES string of the molecule is FC(F)(F)c1cccc(Oc2ccc(CNc3ncnc4ccccc34)cn2)c1. The number of hydrogen-bond donors (Lipinski definition) is 1. The minimum atomic E-state index is -4.42. The van der Waals surface area contributed by atoms with Crippen LogP contribution in [0.5, 0.6) is 11.6 Å². The van der Waals surface area contributed by atoms with Crippen molar-refractivity contribution in [2.75, 3.05) is 5.32 Å². The van der Waals surface area contributed by atoms with E-state index < -0.39 is 11.7 Å². The monoisotopic (exact) mass is 396 g/mol. The standard InChI is InChI=1S/C21H15F3N4O/c22-21(23,24)15-4-3-5-16(10-15)29-19-9-8-14(11-25-19)12-26-20-17-6-1-2-7-18(17)27-13-28-20/h1-11,13H,12H2,(H,26,27,28). The Bertz CT molecular complexity index is 1130. The first-order valence-electron chi connectivity index (χ1n) is 8.73. The van der Waals surface area contributed by atoms with Gasteiger partial charge in [0.2, 0.25) is 5.88 Å². The van der Waals surface area contributed by atoms with Crippen LogP contribution in [0.1, 0.15) is 11.1 Å². The molecule has 4 aromatic rings. The molecule has 0 bridgehead atoms. The van der Waals surface area contributed by atoms with E-state index in [1.165, 1.54) is 18.5 Å². The number of benzene rings is 2. The smallest absolute Gasteiger partial charge is 0.416 e. The van der Waals surface area contributed by atoms with Gasteiger partial charge in [-0.25, -0.2) is 15.0 Å². The number of anilines is 1. The molecule has 0 aliphatic rings. The van der Waals surface area contributed by atoms with Gasteiger partial charge in [-0.15, -0.1) is 0 Å². The molecule has 1 N–H and O–H groups in total. The Hall–Kier alpha value is -3.68. The Kier molecular flexibility index (Phi) is 4.99. The molecule has 0 aliphatic carbocycles. The molecule has 29 heavy (non-hydrogen) atoms. The van der Waals surface area contributed by atoms with Crippen LogP contribution in [-0.2, 0) is 12.7 Å². The quantitative estimate of drug-likeness (QED) is 0.486. The summed E-state index contributed by atoms with van der Waals surface area (Å²) in [6.45, 7) is 0.470. The third-order valence-corrected chi connectivity index (χ3v) is 4.18. The Morgan fingerprint density at radius 2 is 1.76 bits per heavy atom. The predicted molar refractivity (Wildman–Crippen MR) is 103 cm³/mol. The summed E-state index contributed by atoms with van der Waals surface area (Å²) in [4.78, 5) is 12.6. The van der Waals surface area contributed by atoms with Crippen LogP contribution >= 0.6 is 0 Å². The van der Waals surface area contributed by atoms with Gasteiger partial charge in [0.05, 0.1) is 11.1 Å². The van der Waals surface area contributed by atoms with Gasteiger partial charge in [-0.1, -0.05) is 24.3 Å². The van der Waals surface area contributed by atoms with E-state index in [0.717, 1.165) is 28.6 Å². The molecule has 0 radical (unpaired) electrons. The number of aromatic nitrogens is 3. The zero-order chi connectivity index (χ0) is 20.3. The van der Waals surface area contributed by atoms with Crippen LogP contribution in [-0.4, -0.2) is 15.0 Å². The van der Waals surface area contributed by atoms with Crippen molar-refractivity contribution in [1.29, 1.82) is 0 Å². The molecule has 0 aliphatic heterocycles. The highest BCUT2D eigenvalue weighted by Gasteiger charge is 2.30. The molecule has 146 valence electrons. The summed E-state index contributed by atoms with van der Waals surface area (Å²) in [5.41, 5.74) is 0.935. The number of pyridine rings is 1. The summed E-state index contributed by atoms with van der Waals surface area (Å²) in [6, 6.07) is 15.7. The van der Waals surface area contributed by atoms with Crippen LogP contribution in [0, 0.1) is 0 Å². The van der Waals surface area contributed by atoms with Crippen molar-refractivity contribution in [3.63, 3.8) is 0 Å². The summed E-state index contributed by atoms with van der Waals surface area (Å²) in [7, 11) is 0. The van der Waals surface area contributed by atoms with Gasteiger partial charge in [0.15, 0.2) is 0 Å². The minimum absolute atomic E-state index is 0.0747. The first-order valence-corrected chi connectivity index (χ1v) is 8.73. The lowest BCUT2D eigenvalue weighted by Crippen LogP contribution is -2.04. The van der Waals surface area contributed by atoms with Crippen molar-refractivity contribution in [1.82, 2.24) is 15.0 Å². The Morgan fingerprint density at radius 3 is 2.55 bits per heavy atom. The first-order chi connectivity index (χ1) is 14.0. The van der Waals surface area contributed by atoms with Gasteiger partial charge in [-0.2, -0.15) is 13.2 Å². The van der Waals surface area contributed by atoms with E-state index in [-0.39, 0.29) is 11.6 Å². The molecular weight excluding hydrogens is 381 g/mol. The highest BCUT2D eigenvalue weighted by molar-refractivity contribution is 5.88. The van der Waals surface area contributed by atoms with Crippen molar-refractivity contribution in [2.24, 2.45) is 0 Å². The number of para-hydroxylation sites is 1. The van der Waals surface area contributed by atoms with Gasteiger partial charge in [0, 0.05) is 24.2 Å². The molecule has 0 spiro atoms. The number of halogens is 3. The van der Waals surface area contributed by atoms with Gasteiger partial charge in [0.25, 0.3) is 0 Å². The summed E-state index contributed by atoms with van der Waals surface area (Å²) in [6.07, 6.45) is -1.33. The number of nitrogens with zero attached hydrogens (tertiary/aromatic N) is 3. The molecule has 2 aromatic carbocycles. The maximum atomic E-state index is 12.8. The van der Waals surface area contributed by atoms with Gasteiger partial charge in [-0.3, -0.25) is 0 Å². The summed E-state index contributed by atoms with van der Waals surface area (Å²) in [5, 5.41) is 4.15. The number of nitrogens with one attached hydrogen (secondary N) is 1. The van der Waals surface area contributed by atoms with Crippen molar-refractivity contribution >= 4 is 16.7 Å². The second-order valence-corrected chi connectivity index (χ2v) is 6.23. The van der Waals surface area contributed by atoms with Gasteiger partial charge in [0.1, 0.15) is 17.9 Å². The Morgan fingerprint density at radius 1 is 0.897 bits per heavy atom. The second-order valence-electron chi connectivity index (χ2n) is 6.23. The molecular formula is C21H15F3N4O. The zero-order valence-corrected chi connectivity index (χ0v) is 15.0. The number of rotatable bonds is 5. The molecule has 0 unspecified atom stereocenters. The molecule has 0 amide bonds. The normalized spacial score (nSPS) is 11.4. The van der Waals surface area contributed by atoms with E-state index in [0.29, 0.717) is 12.4 Å². The van der Waals surface area contributed by atoms with E-state index in [1.54, 1.807) is 18.3 Å². The number of hydrogen-bond acceptors (Lipinski definition) is 5. The van der Waals surface area contributed by atoms with Crippen molar-refractivity contribution < 1.29 is 17.9 Å². The average molecular weight is 396 g/mol. The summed E-state index contributed by atoms with van der Waals surface area (Å²) < 4.78 is 43.8. The second kappa shape index (κ2) is 7.75. The van der Waals surface area contributed by atoms with E-state index in [2.05, 4.69) is 20.3 Å². The Labute approximate surface area is 164 Å². The van der Waals surface area contributed by atoms with Crippen LogP contribution in [0.3, 0.4) is 0 Å². The topological polar surface area (TPSA) is 59.9 Å². The van der Waals surface area contributed by atoms with Crippen molar-refractivity contribution in [3.05, 3.63) is 84.3 Å². The van der Waals surface area contributed by atoms with Crippen LogP contribution in [0.2, 0.25) is 0 Å². The van der Waals surface area contributed by atoms with E-state index >= 15 is 0 Å². The average Bonchev–Trinajstić information content (AvgIpc) is 2.73. The maximum absolute atomic E-state index is 12.8. The lowest BCUT2D eigenvalue weighted by atomic mass is 10.2. The fraction of sp³-hybridized carbons (Fsp3) is 0.0952. The highest BCUT2D eigenvalue weighted by atomic mass is 19.4. The van der Waals surface area contributed by atoms with Crippen molar-refractivity contribution in [3.8, 4) is 11.6 Å². The van der Waals surface area contributed by atoms with Crippen LogP contribution in [0.4, 0.5) is 19.0 Å². The van der Waals surface area contributed by atoms with Crippen LogP contribution in [0.25, 0.3) is 10.9 Å². The van der Waals surface area contributed by atoms with Crippen LogP contribution < -0.4 is 10.1 Å². The highest BCUT2D eigenvalue weighted by Crippen LogP contribution is 2.32. The predicted octanol–water partition coefficient (Wildman–Crippen LogP) is 5.45. The molecule has 0 atom stereocenters. The van der Waals surface area contributed by atoms with Crippen LogP contribution in [0.15, 0.2) is 73.2 Å². The third-order valence-electron chi connectivity index (χ3n) is 4.18. The molecule has 5 nitrogen and oxygen atoms in total. The van der Waals surface area contributed by atoms with E-state index in [1.807, 2.05) is 24.3 Å². The number of ether oxygens (including phenoxy) is 1.